The van der Waals surface area contributed by atoms with Gasteiger partial charge in [-0.3, -0.25) is 0 Å². The molecule has 0 unspecified atom stereocenters. The Kier molecular flexibility index (Phi) is 5.84. The van der Waals surface area contributed by atoms with E-state index in [0.717, 1.165) is 23.7 Å². The molecule has 0 aliphatic heterocycles. The minimum Gasteiger partial charge on any atom is -0.497 e. The van der Waals surface area contributed by atoms with Crippen molar-refractivity contribution in [1.29, 1.82) is 0 Å². The lowest BCUT2D eigenvalue weighted by atomic mass is 10.1. The number of nitrogens with zero attached hydrogens (tertiary/aromatic N) is 2. The van der Waals surface area contributed by atoms with Crippen LogP contribution in [0.15, 0.2) is 67.0 Å². The van der Waals surface area contributed by atoms with Crippen LogP contribution in [0.25, 0.3) is 5.69 Å². The molecular weight excluding hydrogens is 306 g/mol. The number of benzene rings is 2. The second kappa shape index (κ2) is 7.85. The maximum Gasteiger partial charge on any atom is 0.130 e. The van der Waals surface area contributed by atoms with Gasteiger partial charge in [0.2, 0.25) is 0 Å². The van der Waals surface area contributed by atoms with Gasteiger partial charge in [0, 0.05) is 18.1 Å². The highest BCUT2D eigenvalue weighted by atomic mass is 32.1. The molecule has 0 bridgehead atoms. The Morgan fingerprint density at radius 2 is 1.78 bits per heavy atom. The first-order chi connectivity index (χ1) is 10.8. The summed E-state index contributed by atoms with van der Waals surface area (Å²) in [6, 6.07) is 17.9. The Balaban J connectivity index is 0.00000192. The number of nitrogens with two attached hydrogens (primary N) is 1. The van der Waals surface area contributed by atoms with E-state index in [1.807, 2.05) is 53.2 Å². The molecule has 2 N–H and O–H groups in total. The maximum atomic E-state index is 6.36. The van der Waals surface area contributed by atoms with Gasteiger partial charge in [0.05, 0.1) is 13.2 Å². The lowest BCUT2D eigenvalue weighted by molar-refractivity contribution is 0.414. The minimum absolute atomic E-state index is 0. The topological polar surface area (TPSA) is 53.1 Å². The first-order valence-electron chi connectivity index (χ1n) is 7.25. The van der Waals surface area contributed by atoms with E-state index in [2.05, 4.69) is 17.1 Å². The SMILES string of the molecule is COc1ccc(-n2ccnc2[C@@H](N)Cc2ccccc2)cc1.S. The van der Waals surface area contributed by atoms with Gasteiger partial charge in [-0.1, -0.05) is 30.3 Å². The summed E-state index contributed by atoms with van der Waals surface area (Å²) in [5.74, 6) is 1.69. The van der Waals surface area contributed by atoms with Crippen LogP contribution in [0.3, 0.4) is 0 Å². The molecular formula is C18H21N3OS. The van der Waals surface area contributed by atoms with E-state index in [9.17, 15) is 0 Å². The van der Waals surface area contributed by atoms with Crippen LogP contribution in [0.1, 0.15) is 17.4 Å². The van der Waals surface area contributed by atoms with E-state index in [1.165, 1.54) is 5.56 Å². The van der Waals surface area contributed by atoms with Gasteiger partial charge in [-0.25, -0.2) is 4.98 Å². The van der Waals surface area contributed by atoms with Crippen molar-refractivity contribution in [1.82, 2.24) is 9.55 Å². The van der Waals surface area contributed by atoms with Crippen LogP contribution in [-0.2, 0) is 6.42 Å². The Bertz CT molecular complexity index is 726. The van der Waals surface area contributed by atoms with E-state index in [4.69, 9.17) is 10.5 Å². The van der Waals surface area contributed by atoms with Crippen molar-refractivity contribution in [3.05, 3.63) is 78.4 Å². The maximum absolute atomic E-state index is 6.36. The summed E-state index contributed by atoms with van der Waals surface area (Å²) < 4.78 is 7.21. The third-order valence-electron chi connectivity index (χ3n) is 3.65. The van der Waals surface area contributed by atoms with Crippen LogP contribution in [0, 0.1) is 0 Å². The second-order valence-corrected chi connectivity index (χ2v) is 5.15. The van der Waals surface area contributed by atoms with Crippen LogP contribution >= 0.6 is 13.5 Å². The van der Waals surface area contributed by atoms with Gasteiger partial charge < -0.3 is 15.0 Å². The predicted octanol–water partition coefficient (Wildman–Crippen LogP) is 3.24. The lowest BCUT2D eigenvalue weighted by Crippen LogP contribution is -2.18. The Labute approximate surface area is 143 Å². The molecule has 5 heteroatoms. The smallest absolute Gasteiger partial charge is 0.130 e. The van der Waals surface area contributed by atoms with Gasteiger partial charge in [-0.15, -0.1) is 0 Å². The first-order valence-corrected chi connectivity index (χ1v) is 7.25. The standard InChI is InChI=1S/C18H19N3O.H2S/c1-22-16-9-7-15(8-10-16)21-12-11-20-18(21)17(19)13-14-5-3-2-4-6-14;/h2-12,17H,13,19H2,1H3;1H2/t17-;/m0./s1. The molecule has 4 nitrogen and oxygen atoms in total. The first kappa shape index (κ1) is 17.1. The molecule has 0 radical (unpaired) electrons. The van der Waals surface area contributed by atoms with Crippen molar-refractivity contribution < 1.29 is 4.74 Å². The average Bonchev–Trinajstić information content (AvgIpc) is 3.05. The Morgan fingerprint density at radius 1 is 1.09 bits per heavy atom. The van der Waals surface area contributed by atoms with E-state index in [-0.39, 0.29) is 19.5 Å². The second-order valence-electron chi connectivity index (χ2n) is 5.15. The normalized spacial score (nSPS) is 11.6. The van der Waals surface area contributed by atoms with Crippen molar-refractivity contribution in [3.63, 3.8) is 0 Å². The summed E-state index contributed by atoms with van der Waals surface area (Å²) in [5, 5.41) is 0. The molecule has 3 aromatic rings. The van der Waals surface area contributed by atoms with Gasteiger partial charge in [0.15, 0.2) is 0 Å². The van der Waals surface area contributed by atoms with Crippen molar-refractivity contribution in [2.75, 3.05) is 7.11 Å². The number of hydrogen-bond acceptors (Lipinski definition) is 3. The molecule has 1 aromatic heterocycles. The number of aromatic nitrogens is 2. The van der Waals surface area contributed by atoms with E-state index in [0.29, 0.717) is 0 Å². The molecule has 2 aromatic carbocycles. The molecule has 3 rings (SSSR count). The number of imidazole rings is 1. The monoisotopic (exact) mass is 327 g/mol. The summed E-state index contributed by atoms with van der Waals surface area (Å²) in [6.07, 6.45) is 4.47. The summed E-state index contributed by atoms with van der Waals surface area (Å²) in [6.45, 7) is 0. The van der Waals surface area contributed by atoms with Crippen molar-refractivity contribution in [3.8, 4) is 11.4 Å². The predicted molar refractivity (Wildman–Crippen MR) is 97.6 cm³/mol. The van der Waals surface area contributed by atoms with E-state index in [1.54, 1.807) is 13.3 Å². The molecule has 0 fully saturated rings. The molecule has 0 aliphatic carbocycles. The van der Waals surface area contributed by atoms with Gasteiger partial charge in [-0.2, -0.15) is 13.5 Å². The summed E-state index contributed by atoms with van der Waals surface area (Å²) >= 11 is 0. The third kappa shape index (κ3) is 3.94. The molecule has 0 aliphatic rings. The fraction of sp³-hybridized carbons (Fsp3) is 0.167. The summed E-state index contributed by atoms with van der Waals surface area (Å²) in [5.41, 5.74) is 8.59. The number of ether oxygens (including phenoxy) is 1. The largest absolute Gasteiger partial charge is 0.497 e. The molecule has 1 heterocycles. The Morgan fingerprint density at radius 3 is 2.43 bits per heavy atom. The average molecular weight is 327 g/mol. The van der Waals surface area contributed by atoms with Crippen molar-refractivity contribution in [2.45, 2.75) is 12.5 Å². The van der Waals surface area contributed by atoms with E-state index < -0.39 is 0 Å². The molecule has 0 amide bonds. The quantitative estimate of drug-likeness (QED) is 0.783. The molecule has 0 saturated heterocycles. The zero-order valence-electron chi connectivity index (χ0n) is 13.0. The van der Waals surface area contributed by atoms with Crippen LogP contribution in [-0.4, -0.2) is 16.7 Å². The summed E-state index contributed by atoms with van der Waals surface area (Å²) in [4.78, 5) is 4.44. The highest BCUT2D eigenvalue weighted by Gasteiger charge is 2.14. The van der Waals surface area contributed by atoms with Crippen molar-refractivity contribution in [2.24, 2.45) is 5.73 Å². The number of rotatable bonds is 5. The fourth-order valence-electron chi connectivity index (χ4n) is 2.51. The number of methoxy groups -OCH3 is 1. The molecule has 0 spiro atoms. The molecule has 1 atom stereocenters. The lowest BCUT2D eigenvalue weighted by Gasteiger charge is -2.14. The number of hydrogen-bond donors (Lipinski definition) is 1. The van der Waals surface area contributed by atoms with Gasteiger partial charge in [0.25, 0.3) is 0 Å². The van der Waals surface area contributed by atoms with Crippen LogP contribution in [0.4, 0.5) is 0 Å². The van der Waals surface area contributed by atoms with Crippen LogP contribution < -0.4 is 10.5 Å². The van der Waals surface area contributed by atoms with E-state index >= 15 is 0 Å². The third-order valence-corrected chi connectivity index (χ3v) is 3.65. The Hall–Kier alpha value is -2.24. The zero-order valence-corrected chi connectivity index (χ0v) is 14.0. The molecule has 0 saturated carbocycles. The zero-order chi connectivity index (χ0) is 15.4. The highest BCUT2D eigenvalue weighted by Crippen LogP contribution is 2.20. The van der Waals surface area contributed by atoms with Gasteiger partial charge >= 0.3 is 0 Å². The molecule has 23 heavy (non-hydrogen) atoms. The van der Waals surface area contributed by atoms with Crippen molar-refractivity contribution >= 4 is 13.5 Å². The van der Waals surface area contributed by atoms with Crippen LogP contribution in [0.2, 0.25) is 0 Å². The fourth-order valence-corrected chi connectivity index (χ4v) is 2.51. The highest BCUT2D eigenvalue weighted by molar-refractivity contribution is 7.59. The van der Waals surface area contributed by atoms with Gasteiger partial charge in [0.1, 0.15) is 11.6 Å². The van der Waals surface area contributed by atoms with Gasteiger partial charge in [-0.05, 0) is 36.2 Å². The molecule has 120 valence electrons. The minimum atomic E-state index is -0.153. The van der Waals surface area contributed by atoms with Crippen LogP contribution in [0.5, 0.6) is 5.75 Å². The summed E-state index contributed by atoms with van der Waals surface area (Å²) in [7, 11) is 1.66.